The maximum Gasteiger partial charge on any atom is 0.472 e. The lowest BCUT2D eigenvalue weighted by molar-refractivity contribution is -0.147. The molecular formula is C41H80NO10P. The number of aliphatic hydroxyl groups is 1. The van der Waals surface area contributed by atoms with Gasteiger partial charge in [-0.15, -0.1) is 0 Å². The SMILES string of the molecule is CCCCCCCCCCCCCCCCCCCC(=O)OCC(O)COP(=O)(O)OCC(NC(=O)CCCCCCCCCCCCCC)C(=O)O. The van der Waals surface area contributed by atoms with Crippen molar-refractivity contribution in [3.8, 4) is 0 Å². The topological polar surface area (TPSA) is 169 Å². The molecule has 0 saturated heterocycles. The van der Waals surface area contributed by atoms with Crippen molar-refractivity contribution in [1.29, 1.82) is 0 Å². The van der Waals surface area contributed by atoms with Gasteiger partial charge >= 0.3 is 19.8 Å². The number of amides is 1. The number of phosphoric acid groups is 1. The highest BCUT2D eigenvalue weighted by Gasteiger charge is 2.28. The van der Waals surface area contributed by atoms with Gasteiger partial charge < -0.3 is 25.2 Å². The molecule has 0 aliphatic carbocycles. The Morgan fingerprint density at radius 3 is 1.25 bits per heavy atom. The minimum atomic E-state index is -4.74. The molecule has 53 heavy (non-hydrogen) atoms. The van der Waals surface area contributed by atoms with E-state index in [-0.39, 0.29) is 12.8 Å². The number of ether oxygens (including phenoxy) is 1. The molecule has 0 fully saturated rings. The number of carboxylic acid groups (broad SMARTS) is 1. The van der Waals surface area contributed by atoms with Crippen LogP contribution in [0.5, 0.6) is 0 Å². The van der Waals surface area contributed by atoms with E-state index in [1.807, 2.05) is 0 Å². The number of aliphatic carboxylic acids is 1. The van der Waals surface area contributed by atoms with Crippen LogP contribution in [0.1, 0.15) is 213 Å². The van der Waals surface area contributed by atoms with Crippen LogP contribution < -0.4 is 5.32 Å². The van der Waals surface area contributed by atoms with Crippen molar-refractivity contribution >= 4 is 25.7 Å². The average Bonchev–Trinajstić information content (AvgIpc) is 3.13. The molecular weight excluding hydrogens is 697 g/mol. The summed E-state index contributed by atoms with van der Waals surface area (Å²) in [6, 6.07) is -1.54. The lowest BCUT2D eigenvalue weighted by Gasteiger charge is -2.18. The monoisotopic (exact) mass is 778 g/mol. The molecule has 0 saturated carbocycles. The van der Waals surface area contributed by atoms with E-state index in [4.69, 9.17) is 13.8 Å². The molecule has 0 spiro atoms. The fourth-order valence-corrected chi connectivity index (χ4v) is 7.03. The molecule has 4 N–H and O–H groups in total. The highest BCUT2D eigenvalue weighted by Crippen LogP contribution is 2.43. The van der Waals surface area contributed by atoms with Gasteiger partial charge in [0, 0.05) is 12.8 Å². The van der Waals surface area contributed by atoms with Crippen LogP contribution in [0.15, 0.2) is 0 Å². The van der Waals surface area contributed by atoms with Crippen molar-refractivity contribution in [2.45, 2.75) is 225 Å². The Kier molecular flexibility index (Phi) is 36.3. The van der Waals surface area contributed by atoms with Crippen LogP contribution in [-0.2, 0) is 32.7 Å². The zero-order valence-corrected chi connectivity index (χ0v) is 34.7. The second kappa shape index (κ2) is 37.4. The summed E-state index contributed by atoms with van der Waals surface area (Å²) >= 11 is 0. The second-order valence-electron chi connectivity index (χ2n) is 14.9. The molecule has 314 valence electrons. The number of hydrogen-bond donors (Lipinski definition) is 4. The van der Waals surface area contributed by atoms with Gasteiger partial charge in [-0.2, -0.15) is 0 Å². The van der Waals surface area contributed by atoms with E-state index in [0.717, 1.165) is 38.5 Å². The summed E-state index contributed by atoms with van der Waals surface area (Å²) < 4.78 is 26.8. The predicted octanol–water partition coefficient (Wildman–Crippen LogP) is 10.7. The molecule has 3 atom stereocenters. The van der Waals surface area contributed by atoms with Crippen LogP contribution >= 0.6 is 7.82 Å². The van der Waals surface area contributed by atoms with Gasteiger partial charge in [0.05, 0.1) is 13.2 Å². The highest BCUT2D eigenvalue weighted by atomic mass is 31.2. The Morgan fingerprint density at radius 2 is 0.868 bits per heavy atom. The van der Waals surface area contributed by atoms with E-state index in [1.165, 1.54) is 135 Å². The summed E-state index contributed by atoms with van der Waals surface area (Å²) in [5.41, 5.74) is 0. The quantitative estimate of drug-likeness (QED) is 0.0266. The molecule has 0 aromatic rings. The Labute approximate surface area is 323 Å². The summed E-state index contributed by atoms with van der Waals surface area (Å²) in [4.78, 5) is 45.8. The number of nitrogens with one attached hydrogen (secondary N) is 1. The van der Waals surface area contributed by atoms with Crippen molar-refractivity contribution in [3.63, 3.8) is 0 Å². The van der Waals surface area contributed by atoms with Gasteiger partial charge in [0.15, 0.2) is 6.04 Å². The molecule has 0 aliphatic heterocycles. The Morgan fingerprint density at radius 1 is 0.528 bits per heavy atom. The summed E-state index contributed by atoms with van der Waals surface area (Å²) in [5.74, 6) is -2.36. The minimum Gasteiger partial charge on any atom is -0.480 e. The maximum atomic E-state index is 12.3. The molecule has 3 unspecified atom stereocenters. The van der Waals surface area contributed by atoms with E-state index >= 15 is 0 Å². The van der Waals surface area contributed by atoms with Gasteiger partial charge in [-0.25, -0.2) is 9.36 Å². The van der Waals surface area contributed by atoms with E-state index < -0.39 is 57.6 Å². The molecule has 1 amide bonds. The number of carboxylic acids is 1. The molecule has 0 aromatic carbocycles. The average molecular weight is 778 g/mol. The Hall–Kier alpha value is -1.52. The van der Waals surface area contributed by atoms with Crippen LogP contribution in [0, 0.1) is 0 Å². The normalized spacial score (nSPS) is 13.7. The molecule has 0 aromatic heterocycles. The first-order chi connectivity index (χ1) is 25.6. The van der Waals surface area contributed by atoms with Gasteiger partial charge in [-0.1, -0.05) is 187 Å². The largest absolute Gasteiger partial charge is 0.480 e. The molecule has 0 bridgehead atoms. The van der Waals surface area contributed by atoms with Gasteiger partial charge in [0.2, 0.25) is 5.91 Å². The van der Waals surface area contributed by atoms with Gasteiger partial charge in [0.1, 0.15) is 12.7 Å². The van der Waals surface area contributed by atoms with Gasteiger partial charge in [0.25, 0.3) is 0 Å². The van der Waals surface area contributed by atoms with Crippen LogP contribution in [0.25, 0.3) is 0 Å². The van der Waals surface area contributed by atoms with Crippen molar-refractivity contribution in [2.75, 3.05) is 19.8 Å². The van der Waals surface area contributed by atoms with E-state index in [1.54, 1.807) is 0 Å². The summed E-state index contributed by atoms with van der Waals surface area (Å²) in [6.07, 6.45) is 34.1. The third kappa shape index (κ3) is 37.2. The van der Waals surface area contributed by atoms with Crippen molar-refractivity contribution in [2.24, 2.45) is 0 Å². The molecule has 12 heteroatoms. The molecule has 0 aliphatic rings. The van der Waals surface area contributed by atoms with E-state index in [9.17, 15) is 34.1 Å². The second-order valence-corrected chi connectivity index (χ2v) is 16.4. The fraction of sp³-hybridized carbons (Fsp3) is 0.927. The molecule has 0 rings (SSSR count). The number of esters is 1. The van der Waals surface area contributed by atoms with E-state index in [2.05, 4.69) is 19.2 Å². The molecule has 0 radical (unpaired) electrons. The molecule has 0 heterocycles. The van der Waals surface area contributed by atoms with Crippen LogP contribution in [-0.4, -0.2) is 64.9 Å². The van der Waals surface area contributed by atoms with Gasteiger partial charge in [-0.3, -0.25) is 18.6 Å². The smallest absolute Gasteiger partial charge is 0.472 e. The zero-order valence-electron chi connectivity index (χ0n) is 33.8. The Bertz CT molecular complexity index is 921. The minimum absolute atomic E-state index is 0.152. The number of carbonyl (C=O) groups is 3. The lowest BCUT2D eigenvalue weighted by Crippen LogP contribution is -2.43. The predicted molar refractivity (Wildman–Crippen MR) is 213 cm³/mol. The number of rotatable bonds is 41. The third-order valence-corrected chi connectivity index (χ3v) is 10.6. The highest BCUT2D eigenvalue weighted by molar-refractivity contribution is 7.47. The lowest BCUT2D eigenvalue weighted by atomic mass is 10.0. The van der Waals surface area contributed by atoms with E-state index in [0.29, 0.717) is 12.8 Å². The Balaban J connectivity index is 3.85. The maximum absolute atomic E-state index is 12.3. The first kappa shape index (κ1) is 51.5. The van der Waals surface area contributed by atoms with Crippen LogP contribution in [0.4, 0.5) is 0 Å². The molecule has 11 nitrogen and oxygen atoms in total. The standard InChI is InChI=1S/C41H80NO10P/c1-3-5-7-9-11-13-15-17-18-19-20-21-23-25-27-29-31-33-40(45)50-34-37(43)35-51-53(48,49)52-36-38(41(46)47)42-39(44)32-30-28-26-24-22-16-14-12-10-8-6-4-2/h37-38,43H,3-36H2,1-2H3,(H,42,44)(H,46,47)(H,48,49). The first-order valence-corrected chi connectivity index (χ1v) is 23.1. The van der Waals surface area contributed by atoms with Crippen molar-refractivity contribution in [3.05, 3.63) is 0 Å². The van der Waals surface area contributed by atoms with Crippen LogP contribution in [0.2, 0.25) is 0 Å². The zero-order chi connectivity index (χ0) is 39.3. The van der Waals surface area contributed by atoms with Crippen molar-refractivity contribution in [1.82, 2.24) is 5.32 Å². The summed E-state index contributed by atoms with van der Waals surface area (Å²) in [6.45, 7) is 2.60. The number of aliphatic hydroxyl groups excluding tert-OH is 1. The van der Waals surface area contributed by atoms with Gasteiger partial charge in [-0.05, 0) is 12.8 Å². The number of carbonyl (C=O) groups excluding carboxylic acids is 2. The first-order valence-electron chi connectivity index (χ1n) is 21.6. The summed E-state index contributed by atoms with van der Waals surface area (Å²) in [7, 11) is -4.74. The van der Waals surface area contributed by atoms with Crippen LogP contribution in [0.3, 0.4) is 0 Å². The number of hydrogen-bond acceptors (Lipinski definition) is 8. The number of phosphoric ester groups is 1. The number of unbranched alkanes of at least 4 members (excludes halogenated alkanes) is 27. The summed E-state index contributed by atoms with van der Waals surface area (Å²) in [5, 5.41) is 21.8. The third-order valence-electron chi connectivity index (χ3n) is 9.65. The van der Waals surface area contributed by atoms with Crippen molar-refractivity contribution < 1.29 is 47.8 Å². The fourth-order valence-electron chi connectivity index (χ4n) is 6.26.